The van der Waals surface area contributed by atoms with Crippen molar-refractivity contribution in [1.82, 2.24) is 19.5 Å². The molecule has 0 aliphatic heterocycles. The van der Waals surface area contributed by atoms with E-state index < -0.39 is 0 Å². The molecule has 0 radical (unpaired) electrons. The van der Waals surface area contributed by atoms with Crippen LogP contribution in [0.5, 0.6) is 0 Å². The first-order valence-corrected chi connectivity index (χ1v) is 6.01. The van der Waals surface area contributed by atoms with Crippen molar-refractivity contribution in [3.63, 3.8) is 0 Å². The van der Waals surface area contributed by atoms with E-state index in [1.54, 1.807) is 23.3 Å². The number of aromatic nitrogens is 4. The zero-order chi connectivity index (χ0) is 13.0. The molecule has 0 aromatic carbocycles. The SMILES string of the molecule is CCCCC(C(=O)c1c[nH]c(=O)[nH]1)n1ccnc1. The van der Waals surface area contributed by atoms with Crippen molar-refractivity contribution < 1.29 is 4.79 Å². The molecule has 1 atom stereocenters. The Morgan fingerprint density at radius 2 is 2.39 bits per heavy atom. The summed E-state index contributed by atoms with van der Waals surface area (Å²) in [7, 11) is 0. The quantitative estimate of drug-likeness (QED) is 0.760. The number of nitrogens with one attached hydrogen (secondary N) is 2. The molecule has 0 saturated heterocycles. The van der Waals surface area contributed by atoms with Crippen LogP contribution in [-0.4, -0.2) is 25.3 Å². The highest BCUT2D eigenvalue weighted by molar-refractivity contribution is 5.97. The van der Waals surface area contributed by atoms with Crippen LogP contribution in [0.1, 0.15) is 42.7 Å². The lowest BCUT2D eigenvalue weighted by molar-refractivity contribution is 0.0912. The minimum atomic E-state index is -0.363. The zero-order valence-electron chi connectivity index (χ0n) is 10.2. The lowest BCUT2D eigenvalue weighted by atomic mass is 10.0. The molecule has 2 N–H and O–H groups in total. The van der Waals surface area contributed by atoms with Crippen molar-refractivity contribution >= 4 is 5.78 Å². The number of carbonyl (C=O) groups is 1. The second-order valence-corrected chi connectivity index (χ2v) is 4.19. The van der Waals surface area contributed by atoms with E-state index in [2.05, 4.69) is 21.9 Å². The fraction of sp³-hybridized carbons (Fsp3) is 0.417. The third-order valence-corrected chi connectivity index (χ3v) is 2.88. The Balaban J connectivity index is 2.23. The fourth-order valence-corrected chi connectivity index (χ4v) is 1.91. The van der Waals surface area contributed by atoms with Crippen LogP contribution in [0.15, 0.2) is 29.7 Å². The van der Waals surface area contributed by atoms with Gasteiger partial charge in [0.05, 0.1) is 12.4 Å². The number of H-pyrrole nitrogens is 2. The van der Waals surface area contributed by atoms with E-state index in [0.29, 0.717) is 5.69 Å². The van der Waals surface area contributed by atoms with Gasteiger partial charge in [-0.05, 0) is 6.42 Å². The Morgan fingerprint density at radius 1 is 1.56 bits per heavy atom. The van der Waals surface area contributed by atoms with Crippen LogP contribution in [0.4, 0.5) is 0 Å². The minimum absolute atomic E-state index is 0.0974. The molecule has 1 unspecified atom stereocenters. The molecule has 0 spiro atoms. The molecule has 96 valence electrons. The highest BCUT2D eigenvalue weighted by Crippen LogP contribution is 2.19. The maximum Gasteiger partial charge on any atom is 0.323 e. The summed E-state index contributed by atoms with van der Waals surface area (Å²) in [6, 6.07) is -0.307. The summed E-state index contributed by atoms with van der Waals surface area (Å²) in [5, 5.41) is 0. The third-order valence-electron chi connectivity index (χ3n) is 2.88. The van der Waals surface area contributed by atoms with Crippen molar-refractivity contribution in [2.75, 3.05) is 0 Å². The van der Waals surface area contributed by atoms with Crippen molar-refractivity contribution in [2.45, 2.75) is 32.2 Å². The number of unbranched alkanes of at least 4 members (excludes halogenated alkanes) is 1. The smallest absolute Gasteiger partial charge is 0.323 e. The maximum absolute atomic E-state index is 12.3. The van der Waals surface area contributed by atoms with Crippen LogP contribution >= 0.6 is 0 Å². The molecule has 2 rings (SSSR count). The highest BCUT2D eigenvalue weighted by atomic mass is 16.1. The number of imidazole rings is 2. The van der Waals surface area contributed by atoms with E-state index in [-0.39, 0.29) is 17.5 Å². The monoisotopic (exact) mass is 248 g/mol. The van der Waals surface area contributed by atoms with E-state index in [0.717, 1.165) is 19.3 Å². The Labute approximate surface area is 104 Å². The number of carbonyl (C=O) groups excluding carboxylic acids is 1. The fourth-order valence-electron chi connectivity index (χ4n) is 1.91. The van der Waals surface area contributed by atoms with E-state index in [9.17, 15) is 9.59 Å². The number of hydrogen-bond acceptors (Lipinski definition) is 3. The van der Waals surface area contributed by atoms with Crippen LogP contribution in [0, 0.1) is 0 Å². The van der Waals surface area contributed by atoms with Crippen LogP contribution in [0.3, 0.4) is 0 Å². The van der Waals surface area contributed by atoms with Gasteiger partial charge in [0.25, 0.3) is 0 Å². The lowest BCUT2D eigenvalue weighted by Gasteiger charge is -2.15. The number of hydrogen-bond donors (Lipinski definition) is 2. The molecule has 6 heteroatoms. The standard InChI is InChI=1S/C12H16N4O2/c1-2-3-4-10(16-6-5-13-8-16)11(17)9-7-14-12(18)15-9/h5-8,10H,2-4H2,1H3,(H2,14,15,18). The highest BCUT2D eigenvalue weighted by Gasteiger charge is 2.22. The van der Waals surface area contributed by atoms with Gasteiger partial charge >= 0.3 is 5.69 Å². The van der Waals surface area contributed by atoms with Crippen molar-refractivity contribution in [3.05, 3.63) is 41.1 Å². The molecular formula is C12H16N4O2. The molecule has 2 aromatic rings. The predicted molar refractivity (Wildman–Crippen MR) is 66.5 cm³/mol. The van der Waals surface area contributed by atoms with E-state index in [4.69, 9.17) is 0 Å². The number of Topliss-reactive ketones (excluding diaryl/α,β-unsaturated/α-hetero) is 1. The average Bonchev–Trinajstić information content (AvgIpc) is 3.00. The Morgan fingerprint density at radius 3 is 2.94 bits per heavy atom. The maximum atomic E-state index is 12.3. The zero-order valence-corrected chi connectivity index (χ0v) is 10.2. The molecule has 0 aliphatic rings. The number of nitrogens with zero attached hydrogens (tertiary/aromatic N) is 2. The minimum Gasteiger partial charge on any atom is -0.327 e. The van der Waals surface area contributed by atoms with Crippen molar-refractivity contribution in [3.8, 4) is 0 Å². The summed E-state index contributed by atoms with van der Waals surface area (Å²) in [6.45, 7) is 2.08. The van der Waals surface area contributed by atoms with E-state index in [1.165, 1.54) is 6.20 Å². The van der Waals surface area contributed by atoms with Gasteiger partial charge in [-0.15, -0.1) is 0 Å². The molecule has 2 aromatic heterocycles. The second-order valence-electron chi connectivity index (χ2n) is 4.19. The summed E-state index contributed by atoms with van der Waals surface area (Å²) >= 11 is 0. The van der Waals surface area contributed by atoms with Gasteiger partial charge < -0.3 is 14.5 Å². The van der Waals surface area contributed by atoms with Crippen LogP contribution < -0.4 is 5.69 Å². The van der Waals surface area contributed by atoms with Gasteiger partial charge in [-0.25, -0.2) is 9.78 Å². The molecule has 0 fully saturated rings. The lowest BCUT2D eigenvalue weighted by Crippen LogP contribution is -2.20. The van der Waals surface area contributed by atoms with Crippen LogP contribution in [0.25, 0.3) is 0 Å². The van der Waals surface area contributed by atoms with Gasteiger partial charge in [0, 0.05) is 18.6 Å². The van der Waals surface area contributed by atoms with Gasteiger partial charge in [0.15, 0.2) is 0 Å². The first-order valence-electron chi connectivity index (χ1n) is 6.01. The van der Waals surface area contributed by atoms with Gasteiger partial charge in [0.1, 0.15) is 5.69 Å². The summed E-state index contributed by atoms with van der Waals surface area (Å²) in [5.41, 5.74) is -0.0481. The second kappa shape index (κ2) is 5.48. The van der Waals surface area contributed by atoms with Crippen molar-refractivity contribution in [1.29, 1.82) is 0 Å². The summed E-state index contributed by atoms with van der Waals surface area (Å²) < 4.78 is 1.78. The largest absolute Gasteiger partial charge is 0.327 e. The molecule has 0 aliphatic carbocycles. The molecular weight excluding hydrogens is 232 g/mol. The topological polar surface area (TPSA) is 83.5 Å². The summed E-state index contributed by atoms with van der Waals surface area (Å²) in [5.74, 6) is -0.0974. The summed E-state index contributed by atoms with van der Waals surface area (Å²) in [6.07, 6.45) is 9.16. The molecule has 2 heterocycles. The Hall–Kier alpha value is -2.11. The average molecular weight is 248 g/mol. The van der Waals surface area contributed by atoms with E-state index >= 15 is 0 Å². The van der Waals surface area contributed by atoms with Crippen LogP contribution in [0.2, 0.25) is 0 Å². The molecule has 0 saturated carbocycles. The molecule has 18 heavy (non-hydrogen) atoms. The predicted octanol–water partition coefficient (Wildman–Crippen LogP) is 1.51. The third kappa shape index (κ3) is 2.58. The first-order chi connectivity index (χ1) is 8.72. The van der Waals surface area contributed by atoms with Gasteiger partial charge in [-0.3, -0.25) is 4.79 Å². The number of aromatic amines is 2. The van der Waals surface area contributed by atoms with Gasteiger partial charge in [-0.2, -0.15) is 0 Å². The van der Waals surface area contributed by atoms with Gasteiger partial charge in [-0.1, -0.05) is 19.8 Å². The Bertz CT molecular complexity index is 553. The first kappa shape index (κ1) is 12.3. The molecule has 0 amide bonds. The van der Waals surface area contributed by atoms with Gasteiger partial charge in [0.2, 0.25) is 5.78 Å². The molecule has 6 nitrogen and oxygen atoms in total. The normalized spacial score (nSPS) is 12.5. The van der Waals surface area contributed by atoms with E-state index in [1.807, 2.05) is 0 Å². The number of ketones is 1. The summed E-state index contributed by atoms with van der Waals surface area (Å²) in [4.78, 5) is 32.3. The number of rotatable bonds is 6. The molecule has 0 bridgehead atoms. The Kier molecular flexibility index (Phi) is 3.76. The van der Waals surface area contributed by atoms with Crippen molar-refractivity contribution in [2.24, 2.45) is 0 Å². The van der Waals surface area contributed by atoms with Crippen LogP contribution in [-0.2, 0) is 0 Å².